The van der Waals surface area contributed by atoms with Gasteiger partial charge in [0.05, 0.1) is 38.8 Å². The molecule has 1 heterocycles. The predicted octanol–water partition coefficient (Wildman–Crippen LogP) is 1.59. The molecule has 2 unspecified atom stereocenters. The monoisotopic (exact) mass is 663 g/mol. The number of aromatic hydroxyl groups is 1. The lowest BCUT2D eigenvalue weighted by Gasteiger charge is -2.24. The van der Waals surface area contributed by atoms with Crippen molar-refractivity contribution in [1.82, 2.24) is 15.2 Å². The van der Waals surface area contributed by atoms with E-state index in [1.165, 1.54) is 11.1 Å². The molecule has 3 rings (SSSR count). The second-order valence-corrected chi connectivity index (χ2v) is 10.6. The van der Waals surface area contributed by atoms with E-state index < -0.39 is 23.9 Å². The summed E-state index contributed by atoms with van der Waals surface area (Å²) in [6.45, 7) is 1.08. The van der Waals surface area contributed by atoms with Gasteiger partial charge in [-0.05, 0) is 61.7 Å². The number of halogens is 2. The van der Waals surface area contributed by atoms with Crippen LogP contribution < -0.4 is 27.8 Å². The summed E-state index contributed by atoms with van der Waals surface area (Å²) in [5.74, 6) is -1.53. The minimum atomic E-state index is -1.20. The molecule has 2 atom stereocenters. The number of phenolic OH excluding ortho intramolecular Hbond substituents is 1. The number of pyridine rings is 1. The van der Waals surface area contributed by atoms with Crippen LogP contribution in [0.25, 0.3) is 10.9 Å². The third-order valence-electron chi connectivity index (χ3n) is 5.89. The van der Waals surface area contributed by atoms with E-state index in [1.807, 2.05) is 24.3 Å². The van der Waals surface area contributed by atoms with Crippen LogP contribution in [0, 0.1) is 0 Å². The van der Waals surface area contributed by atoms with Crippen LogP contribution in [0.4, 0.5) is 5.69 Å². The van der Waals surface area contributed by atoms with Crippen molar-refractivity contribution in [1.29, 1.82) is 0 Å². The minimum absolute atomic E-state index is 0.00562. The summed E-state index contributed by atoms with van der Waals surface area (Å²) in [6.07, 6.45) is 1.33. The summed E-state index contributed by atoms with van der Waals surface area (Å²) >= 11 is 6.57. The van der Waals surface area contributed by atoms with Crippen LogP contribution in [0.3, 0.4) is 0 Å². The first-order chi connectivity index (χ1) is 18.6. The molecule has 0 aliphatic carbocycles. The van der Waals surface area contributed by atoms with Crippen LogP contribution in [0.2, 0.25) is 0 Å². The van der Waals surface area contributed by atoms with Gasteiger partial charge < -0.3 is 37.8 Å². The van der Waals surface area contributed by atoms with E-state index in [9.17, 15) is 19.5 Å². The number of nitrogens with one attached hydrogen (secondary N) is 2. The van der Waals surface area contributed by atoms with Crippen LogP contribution in [-0.4, -0.2) is 71.0 Å². The molecule has 0 spiro atoms. The lowest BCUT2D eigenvalue weighted by Crippen LogP contribution is -2.52. The molecule has 0 saturated carbocycles. The largest absolute Gasteiger partial charge is 0.506 e. The smallest absolute Gasteiger partial charge is 0.247 e. The Hall–Kier alpha value is -3.10. The molecule has 1 aromatic heterocycles. The van der Waals surface area contributed by atoms with E-state index in [4.69, 9.17) is 17.2 Å². The van der Waals surface area contributed by atoms with E-state index >= 15 is 0 Å². The number of carbonyl (C=O) groups is 3. The molecule has 0 radical (unpaired) electrons. The first-order valence-corrected chi connectivity index (χ1v) is 13.8. The molecular formula is C26H31Br2N7O4. The van der Waals surface area contributed by atoms with Crippen molar-refractivity contribution in [3.63, 3.8) is 0 Å². The molecule has 0 bridgehead atoms. The fourth-order valence-corrected chi connectivity index (χ4v) is 5.19. The Labute approximate surface area is 242 Å². The Kier molecular flexibility index (Phi) is 11.2. The van der Waals surface area contributed by atoms with Gasteiger partial charge in [-0.2, -0.15) is 0 Å². The Morgan fingerprint density at radius 2 is 1.64 bits per heavy atom. The van der Waals surface area contributed by atoms with E-state index in [2.05, 4.69) is 47.5 Å². The quantitative estimate of drug-likeness (QED) is 0.168. The minimum Gasteiger partial charge on any atom is -0.506 e. The number of para-hydroxylation sites is 1. The molecule has 3 amide bonds. The summed E-state index contributed by atoms with van der Waals surface area (Å²) in [5.41, 5.74) is 19.1. The van der Waals surface area contributed by atoms with Gasteiger partial charge in [0.25, 0.3) is 0 Å². The Balaban J connectivity index is 1.79. The van der Waals surface area contributed by atoms with Gasteiger partial charge in [0, 0.05) is 38.0 Å². The van der Waals surface area contributed by atoms with Crippen LogP contribution in [0.15, 0.2) is 57.6 Å². The number of nitrogens with zero attached hydrogens (tertiary/aromatic N) is 2. The maximum Gasteiger partial charge on any atom is 0.247 e. The second-order valence-electron chi connectivity index (χ2n) is 8.85. The third-order valence-corrected chi connectivity index (χ3v) is 7.10. The molecule has 0 fully saturated rings. The molecule has 13 heteroatoms. The molecule has 2 aromatic carbocycles. The SMILES string of the molecule is NCCN(CCN)C(=O)CC(N)C(=O)NC(Cc1cc(Br)c(O)c(Br)c1)C(=O)Nc1cnc2ccccc2c1. The number of aromatic nitrogens is 1. The second kappa shape index (κ2) is 14.3. The summed E-state index contributed by atoms with van der Waals surface area (Å²) in [7, 11) is 0. The van der Waals surface area contributed by atoms with Gasteiger partial charge in [-0.15, -0.1) is 0 Å². The number of hydrogen-bond donors (Lipinski definition) is 6. The van der Waals surface area contributed by atoms with Gasteiger partial charge in [0.1, 0.15) is 11.8 Å². The zero-order valence-corrected chi connectivity index (χ0v) is 24.2. The van der Waals surface area contributed by atoms with E-state index in [0.29, 0.717) is 33.3 Å². The molecule has 9 N–H and O–H groups in total. The van der Waals surface area contributed by atoms with Crippen molar-refractivity contribution in [2.75, 3.05) is 31.5 Å². The maximum atomic E-state index is 13.4. The average Bonchev–Trinajstić information content (AvgIpc) is 2.90. The van der Waals surface area contributed by atoms with Crippen molar-refractivity contribution in [2.24, 2.45) is 17.2 Å². The summed E-state index contributed by atoms with van der Waals surface area (Å²) in [5, 5.41) is 16.4. The highest BCUT2D eigenvalue weighted by Crippen LogP contribution is 2.33. The Morgan fingerprint density at radius 3 is 2.28 bits per heavy atom. The van der Waals surface area contributed by atoms with Gasteiger partial charge >= 0.3 is 0 Å². The number of anilines is 1. The van der Waals surface area contributed by atoms with Crippen LogP contribution >= 0.6 is 31.9 Å². The molecular weight excluding hydrogens is 634 g/mol. The normalized spacial score (nSPS) is 12.5. The highest BCUT2D eigenvalue weighted by molar-refractivity contribution is 9.11. The maximum absolute atomic E-state index is 13.4. The average molecular weight is 665 g/mol. The summed E-state index contributed by atoms with van der Waals surface area (Å²) < 4.78 is 0.830. The fourth-order valence-electron chi connectivity index (χ4n) is 3.91. The molecule has 208 valence electrons. The highest BCUT2D eigenvalue weighted by atomic mass is 79.9. The summed E-state index contributed by atoms with van der Waals surface area (Å²) in [6, 6.07) is 10.3. The van der Waals surface area contributed by atoms with E-state index in [0.717, 1.165) is 10.9 Å². The van der Waals surface area contributed by atoms with Crippen molar-refractivity contribution in [3.8, 4) is 5.75 Å². The number of amides is 3. The van der Waals surface area contributed by atoms with Crippen molar-refractivity contribution >= 4 is 66.2 Å². The zero-order valence-electron chi connectivity index (χ0n) is 21.1. The van der Waals surface area contributed by atoms with Gasteiger partial charge in [0.2, 0.25) is 17.7 Å². The lowest BCUT2D eigenvalue weighted by atomic mass is 10.0. The molecule has 11 nitrogen and oxygen atoms in total. The standard InChI is InChI=1S/C26H31Br2N7O4/c27-18-9-15(10-19(28)24(18)37)11-22(26(39)33-17-12-16-3-1-2-4-21(16)32-14-17)34-25(38)20(31)13-23(36)35(7-5-29)8-6-30/h1-4,9-10,12,14,20,22,37H,5-8,11,13,29-31H2,(H,33,39)(H,34,38). The van der Waals surface area contributed by atoms with Crippen LogP contribution in [0.5, 0.6) is 5.75 Å². The molecule has 0 aliphatic heterocycles. The number of hydrogen-bond acceptors (Lipinski definition) is 8. The number of benzene rings is 2. The van der Waals surface area contributed by atoms with Crippen molar-refractivity contribution < 1.29 is 19.5 Å². The summed E-state index contributed by atoms with van der Waals surface area (Å²) in [4.78, 5) is 44.9. The van der Waals surface area contributed by atoms with E-state index in [-0.39, 0.29) is 37.6 Å². The molecule has 39 heavy (non-hydrogen) atoms. The van der Waals surface area contributed by atoms with Crippen LogP contribution in [-0.2, 0) is 20.8 Å². The Bertz CT molecular complexity index is 1310. The molecule has 3 aromatic rings. The topological polar surface area (TPSA) is 190 Å². The number of phenols is 1. The first-order valence-electron chi connectivity index (χ1n) is 12.2. The number of carbonyl (C=O) groups excluding carboxylic acids is 3. The van der Waals surface area contributed by atoms with Crippen LogP contribution in [0.1, 0.15) is 12.0 Å². The predicted molar refractivity (Wildman–Crippen MR) is 157 cm³/mol. The first kappa shape index (κ1) is 30.4. The molecule has 0 saturated heterocycles. The lowest BCUT2D eigenvalue weighted by molar-refractivity contribution is -0.134. The van der Waals surface area contributed by atoms with Crippen molar-refractivity contribution in [3.05, 3.63) is 63.2 Å². The Morgan fingerprint density at radius 1 is 1.00 bits per heavy atom. The zero-order chi connectivity index (χ0) is 28.5. The van der Waals surface area contributed by atoms with Gasteiger partial charge in [0.15, 0.2) is 0 Å². The number of rotatable bonds is 12. The fraction of sp³-hybridized carbons (Fsp3) is 0.308. The van der Waals surface area contributed by atoms with E-state index in [1.54, 1.807) is 18.2 Å². The third kappa shape index (κ3) is 8.44. The highest BCUT2D eigenvalue weighted by Gasteiger charge is 2.27. The number of nitrogens with two attached hydrogens (primary N) is 3. The van der Waals surface area contributed by atoms with Crippen molar-refractivity contribution in [2.45, 2.75) is 24.9 Å². The number of fused-ring (bicyclic) bond motifs is 1. The van der Waals surface area contributed by atoms with Gasteiger partial charge in [-0.3, -0.25) is 19.4 Å². The van der Waals surface area contributed by atoms with Gasteiger partial charge in [-0.1, -0.05) is 18.2 Å². The van der Waals surface area contributed by atoms with Gasteiger partial charge in [-0.25, -0.2) is 0 Å². The molecule has 0 aliphatic rings.